The molecule has 1 heterocycles. The van der Waals surface area contributed by atoms with E-state index >= 15 is 0 Å². The highest BCUT2D eigenvalue weighted by Crippen LogP contribution is 2.34. The lowest BCUT2D eigenvalue weighted by atomic mass is 10.2. The van der Waals surface area contributed by atoms with Gasteiger partial charge in [0.15, 0.2) is 0 Å². The molecular formula is C10H17N5O. The van der Waals surface area contributed by atoms with E-state index in [2.05, 4.69) is 17.0 Å². The van der Waals surface area contributed by atoms with Crippen LogP contribution in [0.15, 0.2) is 6.33 Å². The molecule has 1 aromatic heterocycles. The maximum absolute atomic E-state index is 11.9. The van der Waals surface area contributed by atoms with Crippen LogP contribution in [0.2, 0.25) is 0 Å². The van der Waals surface area contributed by atoms with Gasteiger partial charge in [0.05, 0.1) is 0 Å². The molecule has 0 aromatic carbocycles. The zero-order valence-electron chi connectivity index (χ0n) is 9.63. The van der Waals surface area contributed by atoms with Crippen LogP contribution in [0.1, 0.15) is 19.8 Å². The van der Waals surface area contributed by atoms with Crippen molar-refractivity contribution in [3.05, 3.63) is 6.33 Å². The molecule has 1 saturated carbocycles. The second-order valence-corrected chi connectivity index (χ2v) is 4.38. The number of hydrogen-bond donors (Lipinski definition) is 1. The van der Waals surface area contributed by atoms with E-state index in [0.717, 1.165) is 0 Å². The molecule has 0 saturated heterocycles. The molecule has 6 nitrogen and oxygen atoms in total. The molecule has 1 aromatic rings. The number of nitrogen functional groups attached to an aromatic ring is 1. The zero-order valence-corrected chi connectivity index (χ0v) is 9.63. The summed E-state index contributed by atoms with van der Waals surface area (Å²) in [5, 5.41) is 3.89. The van der Waals surface area contributed by atoms with Crippen LogP contribution in [0.5, 0.6) is 0 Å². The lowest BCUT2D eigenvalue weighted by Crippen LogP contribution is -2.38. The minimum atomic E-state index is 0.0456. The number of amides is 1. The number of nitrogens with two attached hydrogens (primary N) is 1. The first kappa shape index (κ1) is 10.9. The Balaban J connectivity index is 1.91. The third kappa shape index (κ3) is 2.32. The largest absolute Gasteiger partial charge is 0.367 e. The zero-order chi connectivity index (χ0) is 11.7. The highest BCUT2D eigenvalue weighted by Gasteiger charge is 2.32. The van der Waals surface area contributed by atoms with E-state index in [4.69, 9.17) is 5.73 Å². The Labute approximate surface area is 94.4 Å². The summed E-state index contributed by atoms with van der Waals surface area (Å²) < 4.78 is 1.47. The molecule has 0 spiro atoms. The monoisotopic (exact) mass is 223 g/mol. The molecule has 0 bridgehead atoms. The van der Waals surface area contributed by atoms with Crippen LogP contribution in [0.4, 0.5) is 5.95 Å². The van der Waals surface area contributed by atoms with Crippen LogP contribution in [0.3, 0.4) is 0 Å². The van der Waals surface area contributed by atoms with E-state index in [9.17, 15) is 4.79 Å². The molecule has 2 N–H and O–H groups in total. The number of carbonyl (C=O) groups excluding carboxylic acids is 1. The molecule has 16 heavy (non-hydrogen) atoms. The van der Waals surface area contributed by atoms with E-state index < -0.39 is 0 Å². The summed E-state index contributed by atoms with van der Waals surface area (Å²) in [5.74, 6) is 0.921. The molecule has 2 rings (SSSR count). The van der Waals surface area contributed by atoms with Crippen LogP contribution in [0, 0.1) is 5.92 Å². The van der Waals surface area contributed by atoms with Crippen molar-refractivity contribution in [1.82, 2.24) is 19.7 Å². The van der Waals surface area contributed by atoms with Gasteiger partial charge in [0.25, 0.3) is 0 Å². The first-order valence-corrected chi connectivity index (χ1v) is 5.48. The van der Waals surface area contributed by atoms with Crippen molar-refractivity contribution >= 4 is 11.9 Å². The average molecular weight is 223 g/mol. The summed E-state index contributed by atoms with van der Waals surface area (Å²) in [6.07, 6.45) is 3.94. The van der Waals surface area contributed by atoms with Gasteiger partial charge >= 0.3 is 0 Å². The second-order valence-electron chi connectivity index (χ2n) is 4.38. The number of aromatic nitrogens is 3. The van der Waals surface area contributed by atoms with E-state index in [1.165, 1.54) is 23.9 Å². The van der Waals surface area contributed by atoms with Gasteiger partial charge in [0.1, 0.15) is 12.9 Å². The fourth-order valence-electron chi connectivity index (χ4n) is 1.76. The number of nitrogens with zero attached hydrogens (tertiary/aromatic N) is 4. The smallest absolute Gasteiger partial charge is 0.244 e. The van der Waals surface area contributed by atoms with Gasteiger partial charge in [0, 0.05) is 13.1 Å². The van der Waals surface area contributed by atoms with Crippen LogP contribution < -0.4 is 5.73 Å². The van der Waals surface area contributed by atoms with Crippen molar-refractivity contribution in [3.8, 4) is 0 Å². The molecular weight excluding hydrogens is 206 g/mol. The predicted molar refractivity (Wildman–Crippen MR) is 59.4 cm³/mol. The summed E-state index contributed by atoms with van der Waals surface area (Å²) in [5.41, 5.74) is 5.38. The Morgan fingerprint density at radius 2 is 2.44 bits per heavy atom. The van der Waals surface area contributed by atoms with Crippen molar-refractivity contribution in [2.75, 3.05) is 12.8 Å². The number of anilines is 1. The Morgan fingerprint density at radius 1 is 1.75 bits per heavy atom. The van der Waals surface area contributed by atoms with Gasteiger partial charge in [-0.3, -0.25) is 4.79 Å². The van der Waals surface area contributed by atoms with E-state index in [0.29, 0.717) is 12.0 Å². The minimum absolute atomic E-state index is 0.0456. The van der Waals surface area contributed by atoms with Crippen molar-refractivity contribution in [2.24, 2.45) is 5.92 Å². The van der Waals surface area contributed by atoms with E-state index in [1.807, 2.05) is 7.05 Å². The van der Waals surface area contributed by atoms with Crippen LogP contribution in [-0.2, 0) is 11.3 Å². The van der Waals surface area contributed by atoms with Gasteiger partial charge < -0.3 is 10.6 Å². The van der Waals surface area contributed by atoms with Crippen molar-refractivity contribution in [2.45, 2.75) is 32.4 Å². The number of hydrogen-bond acceptors (Lipinski definition) is 4. The summed E-state index contributed by atoms with van der Waals surface area (Å²) in [7, 11) is 1.84. The lowest BCUT2D eigenvalue weighted by Gasteiger charge is -2.24. The van der Waals surface area contributed by atoms with Crippen molar-refractivity contribution in [1.29, 1.82) is 0 Å². The molecule has 1 aliphatic rings. The molecule has 1 unspecified atom stereocenters. The van der Waals surface area contributed by atoms with Crippen molar-refractivity contribution < 1.29 is 4.79 Å². The standard InChI is InChI=1S/C10H17N5O/c1-7(8-3-4-8)14(2)9(16)5-15-6-12-10(11)13-15/h6-8H,3-5H2,1-2H3,(H2,11,13). The maximum Gasteiger partial charge on any atom is 0.244 e. The van der Waals surface area contributed by atoms with Crippen molar-refractivity contribution in [3.63, 3.8) is 0 Å². The fourth-order valence-corrected chi connectivity index (χ4v) is 1.76. The third-order valence-electron chi connectivity index (χ3n) is 3.16. The first-order chi connectivity index (χ1) is 7.58. The van der Waals surface area contributed by atoms with Gasteiger partial charge in [-0.15, -0.1) is 5.10 Å². The summed E-state index contributed by atoms with van der Waals surface area (Å²) in [4.78, 5) is 17.5. The molecule has 0 radical (unpaired) electrons. The average Bonchev–Trinajstić information content (AvgIpc) is 3.02. The SMILES string of the molecule is CC(C1CC1)N(C)C(=O)Cn1cnc(N)n1. The second kappa shape index (κ2) is 4.11. The fraction of sp³-hybridized carbons (Fsp3) is 0.700. The van der Waals surface area contributed by atoms with E-state index in [-0.39, 0.29) is 18.4 Å². The molecule has 1 atom stereocenters. The molecule has 88 valence electrons. The van der Waals surface area contributed by atoms with Crippen LogP contribution >= 0.6 is 0 Å². The lowest BCUT2D eigenvalue weighted by molar-refractivity contribution is -0.132. The van der Waals surface area contributed by atoms with Crippen LogP contribution in [-0.4, -0.2) is 38.7 Å². The number of rotatable bonds is 4. The van der Waals surface area contributed by atoms with Gasteiger partial charge in [-0.2, -0.15) is 0 Å². The normalized spacial score (nSPS) is 17.1. The Hall–Kier alpha value is -1.59. The number of carbonyl (C=O) groups is 1. The Kier molecular flexibility index (Phi) is 2.80. The van der Waals surface area contributed by atoms with Crippen LogP contribution in [0.25, 0.3) is 0 Å². The van der Waals surface area contributed by atoms with Gasteiger partial charge in [-0.1, -0.05) is 0 Å². The molecule has 1 fully saturated rings. The van der Waals surface area contributed by atoms with Gasteiger partial charge in [-0.25, -0.2) is 9.67 Å². The Bertz CT molecular complexity index is 384. The molecule has 6 heteroatoms. The molecule has 1 amide bonds. The third-order valence-corrected chi connectivity index (χ3v) is 3.16. The quantitative estimate of drug-likeness (QED) is 0.786. The maximum atomic E-state index is 11.9. The minimum Gasteiger partial charge on any atom is -0.367 e. The van der Waals surface area contributed by atoms with Gasteiger partial charge in [-0.05, 0) is 25.7 Å². The summed E-state index contributed by atoms with van der Waals surface area (Å²) >= 11 is 0. The summed E-state index contributed by atoms with van der Waals surface area (Å²) in [6.45, 7) is 2.29. The topological polar surface area (TPSA) is 77.0 Å². The van der Waals surface area contributed by atoms with E-state index in [1.54, 1.807) is 4.90 Å². The number of likely N-dealkylation sites (N-methyl/N-ethyl adjacent to an activating group) is 1. The molecule has 1 aliphatic carbocycles. The Morgan fingerprint density at radius 3 is 2.94 bits per heavy atom. The first-order valence-electron chi connectivity index (χ1n) is 5.48. The predicted octanol–water partition coefficient (Wildman–Crippen LogP) is 0.117. The highest BCUT2D eigenvalue weighted by molar-refractivity contribution is 5.76. The molecule has 0 aliphatic heterocycles. The summed E-state index contributed by atoms with van der Waals surface area (Å²) in [6, 6.07) is 0.313. The van der Waals surface area contributed by atoms with Gasteiger partial charge in [0.2, 0.25) is 11.9 Å². The highest BCUT2D eigenvalue weighted by atomic mass is 16.2.